The summed E-state index contributed by atoms with van der Waals surface area (Å²) in [5.74, 6) is 0.708. The molecule has 0 fully saturated rings. The molecule has 1 amide bonds. The SMILES string of the molecule is CCNCc1cc(Br)cc(C)c1OCC(=O)NC(C)CC. The molecule has 0 spiro atoms. The van der Waals surface area contributed by atoms with Gasteiger partial charge in [-0.1, -0.05) is 29.8 Å². The van der Waals surface area contributed by atoms with Crippen LogP contribution in [0.4, 0.5) is 0 Å². The van der Waals surface area contributed by atoms with Crippen molar-refractivity contribution in [2.75, 3.05) is 13.2 Å². The van der Waals surface area contributed by atoms with E-state index in [4.69, 9.17) is 4.74 Å². The molecule has 0 aliphatic carbocycles. The summed E-state index contributed by atoms with van der Waals surface area (Å²) in [5.41, 5.74) is 2.08. The molecule has 1 aromatic rings. The molecule has 1 aromatic carbocycles. The monoisotopic (exact) mass is 356 g/mol. The maximum Gasteiger partial charge on any atom is 0.258 e. The Morgan fingerprint density at radius 2 is 2.10 bits per heavy atom. The molecule has 1 rings (SSSR count). The fraction of sp³-hybridized carbons (Fsp3) is 0.562. The predicted molar refractivity (Wildman–Crippen MR) is 89.7 cm³/mol. The number of rotatable bonds is 8. The van der Waals surface area contributed by atoms with Crippen LogP contribution in [0.1, 0.15) is 38.3 Å². The summed E-state index contributed by atoms with van der Waals surface area (Å²) in [6.45, 7) is 9.73. The molecule has 0 saturated carbocycles. The summed E-state index contributed by atoms with van der Waals surface area (Å²) in [4.78, 5) is 11.8. The summed E-state index contributed by atoms with van der Waals surface area (Å²) >= 11 is 3.50. The van der Waals surface area contributed by atoms with Crippen LogP contribution in [0, 0.1) is 6.92 Å². The molecule has 0 radical (unpaired) electrons. The number of aryl methyl sites for hydroxylation is 1. The second kappa shape index (κ2) is 9.05. The van der Waals surface area contributed by atoms with Crippen LogP contribution in [0.3, 0.4) is 0 Å². The van der Waals surface area contributed by atoms with E-state index in [0.29, 0.717) is 0 Å². The van der Waals surface area contributed by atoms with E-state index in [1.165, 1.54) is 0 Å². The Balaban J connectivity index is 2.74. The first-order valence-corrected chi connectivity index (χ1v) is 8.19. The Kier molecular flexibility index (Phi) is 7.75. The van der Waals surface area contributed by atoms with E-state index in [0.717, 1.165) is 40.9 Å². The van der Waals surface area contributed by atoms with Crippen LogP contribution in [0.25, 0.3) is 0 Å². The minimum Gasteiger partial charge on any atom is -0.483 e. The lowest BCUT2D eigenvalue weighted by Gasteiger charge is -2.16. The van der Waals surface area contributed by atoms with Crippen molar-refractivity contribution in [1.29, 1.82) is 0 Å². The molecule has 0 heterocycles. The van der Waals surface area contributed by atoms with Gasteiger partial charge in [-0.25, -0.2) is 0 Å². The number of hydrogen-bond donors (Lipinski definition) is 2. The van der Waals surface area contributed by atoms with E-state index in [2.05, 4.69) is 33.5 Å². The third kappa shape index (κ3) is 6.06. The van der Waals surface area contributed by atoms with Crippen LogP contribution in [0.5, 0.6) is 5.75 Å². The van der Waals surface area contributed by atoms with E-state index in [9.17, 15) is 4.79 Å². The third-order valence-electron chi connectivity index (χ3n) is 3.25. The number of amides is 1. The van der Waals surface area contributed by atoms with Crippen molar-refractivity contribution in [1.82, 2.24) is 10.6 Å². The standard InChI is InChI=1S/C16H25BrN2O2/c1-5-12(4)19-15(20)10-21-16-11(3)7-14(17)8-13(16)9-18-6-2/h7-8,12,18H,5-6,9-10H2,1-4H3,(H,19,20). The molecule has 4 nitrogen and oxygen atoms in total. The largest absolute Gasteiger partial charge is 0.483 e. The first kappa shape index (κ1) is 18.0. The van der Waals surface area contributed by atoms with Crippen molar-refractivity contribution in [2.45, 2.75) is 46.7 Å². The van der Waals surface area contributed by atoms with Crippen molar-refractivity contribution in [3.8, 4) is 5.75 Å². The van der Waals surface area contributed by atoms with Crippen LogP contribution in [0.15, 0.2) is 16.6 Å². The van der Waals surface area contributed by atoms with Gasteiger partial charge in [0.2, 0.25) is 0 Å². The first-order chi connectivity index (χ1) is 9.97. The molecule has 0 aliphatic heterocycles. The zero-order valence-corrected chi connectivity index (χ0v) is 14.8. The van der Waals surface area contributed by atoms with Gasteiger partial charge in [0.05, 0.1) is 0 Å². The molecule has 2 N–H and O–H groups in total. The molecule has 1 atom stereocenters. The van der Waals surface area contributed by atoms with Crippen molar-refractivity contribution in [3.05, 3.63) is 27.7 Å². The lowest BCUT2D eigenvalue weighted by Crippen LogP contribution is -2.35. The minimum atomic E-state index is -0.0823. The average Bonchev–Trinajstić information content (AvgIpc) is 2.43. The van der Waals surface area contributed by atoms with E-state index in [-0.39, 0.29) is 18.6 Å². The highest BCUT2D eigenvalue weighted by molar-refractivity contribution is 9.10. The van der Waals surface area contributed by atoms with Gasteiger partial charge in [-0.2, -0.15) is 0 Å². The fourth-order valence-corrected chi connectivity index (χ4v) is 2.57. The van der Waals surface area contributed by atoms with Crippen LogP contribution in [-0.2, 0) is 11.3 Å². The van der Waals surface area contributed by atoms with Gasteiger partial charge in [0, 0.05) is 22.6 Å². The lowest BCUT2D eigenvalue weighted by atomic mass is 10.1. The zero-order valence-electron chi connectivity index (χ0n) is 13.3. The fourth-order valence-electron chi connectivity index (χ4n) is 1.95. The van der Waals surface area contributed by atoms with Crippen LogP contribution in [-0.4, -0.2) is 25.1 Å². The Labute approximate surface area is 135 Å². The summed E-state index contributed by atoms with van der Waals surface area (Å²) in [6.07, 6.45) is 0.911. The molecule has 1 unspecified atom stereocenters. The van der Waals surface area contributed by atoms with Gasteiger partial charge in [-0.3, -0.25) is 4.79 Å². The predicted octanol–water partition coefficient (Wildman–Crippen LogP) is 3.16. The molecule has 5 heteroatoms. The number of ether oxygens (including phenoxy) is 1. The Bertz CT molecular complexity index is 478. The second-order valence-electron chi connectivity index (χ2n) is 5.16. The quantitative estimate of drug-likeness (QED) is 0.752. The molecule has 21 heavy (non-hydrogen) atoms. The van der Waals surface area contributed by atoms with Gasteiger partial charge >= 0.3 is 0 Å². The van der Waals surface area contributed by atoms with Crippen molar-refractivity contribution >= 4 is 21.8 Å². The van der Waals surface area contributed by atoms with Gasteiger partial charge in [-0.15, -0.1) is 0 Å². The van der Waals surface area contributed by atoms with Crippen LogP contribution < -0.4 is 15.4 Å². The summed E-state index contributed by atoms with van der Waals surface area (Å²) in [6, 6.07) is 4.20. The van der Waals surface area contributed by atoms with E-state index >= 15 is 0 Å². The molecular formula is C16H25BrN2O2. The Hall–Kier alpha value is -1.07. The van der Waals surface area contributed by atoms with Crippen molar-refractivity contribution in [2.24, 2.45) is 0 Å². The highest BCUT2D eigenvalue weighted by atomic mass is 79.9. The van der Waals surface area contributed by atoms with Gasteiger partial charge in [0.25, 0.3) is 5.91 Å². The van der Waals surface area contributed by atoms with Gasteiger partial charge in [-0.05, 0) is 44.5 Å². The number of hydrogen-bond acceptors (Lipinski definition) is 3. The van der Waals surface area contributed by atoms with Crippen LogP contribution in [0.2, 0.25) is 0 Å². The van der Waals surface area contributed by atoms with Gasteiger partial charge < -0.3 is 15.4 Å². The number of benzene rings is 1. The molecule has 0 saturated heterocycles. The highest BCUT2D eigenvalue weighted by Crippen LogP contribution is 2.28. The third-order valence-corrected chi connectivity index (χ3v) is 3.71. The van der Waals surface area contributed by atoms with Crippen molar-refractivity contribution in [3.63, 3.8) is 0 Å². The highest BCUT2D eigenvalue weighted by Gasteiger charge is 2.12. The first-order valence-electron chi connectivity index (χ1n) is 7.39. The smallest absolute Gasteiger partial charge is 0.258 e. The van der Waals surface area contributed by atoms with E-state index in [1.807, 2.05) is 32.9 Å². The van der Waals surface area contributed by atoms with Crippen LogP contribution >= 0.6 is 15.9 Å². The van der Waals surface area contributed by atoms with E-state index in [1.54, 1.807) is 0 Å². The van der Waals surface area contributed by atoms with Gasteiger partial charge in [0.1, 0.15) is 5.75 Å². The second-order valence-corrected chi connectivity index (χ2v) is 6.07. The number of carbonyl (C=O) groups is 1. The van der Waals surface area contributed by atoms with Gasteiger partial charge in [0.15, 0.2) is 6.61 Å². The summed E-state index contributed by atoms with van der Waals surface area (Å²) in [7, 11) is 0. The lowest BCUT2D eigenvalue weighted by molar-refractivity contribution is -0.123. The molecule has 118 valence electrons. The summed E-state index contributed by atoms with van der Waals surface area (Å²) < 4.78 is 6.77. The number of nitrogens with one attached hydrogen (secondary N) is 2. The topological polar surface area (TPSA) is 50.4 Å². The normalized spacial score (nSPS) is 12.0. The molecular weight excluding hydrogens is 332 g/mol. The maximum atomic E-state index is 11.8. The number of carbonyl (C=O) groups excluding carboxylic acids is 1. The zero-order chi connectivity index (χ0) is 15.8. The minimum absolute atomic E-state index is 0.0476. The Morgan fingerprint density at radius 1 is 1.38 bits per heavy atom. The van der Waals surface area contributed by atoms with E-state index < -0.39 is 0 Å². The van der Waals surface area contributed by atoms with Crippen molar-refractivity contribution < 1.29 is 9.53 Å². The number of halogens is 1. The molecule has 0 aliphatic rings. The maximum absolute atomic E-state index is 11.8. The molecule has 0 aromatic heterocycles. The summed E-state index contributed by atoms with van der Waals surface area (Å²) in [5, 5.41) is 6.19. The molecule has 0 bridgehead atoms. The average molecular weight is 357 g/mol. The Morgan fingerprint density at radius 3 is 2.71 bits per heavy atom.